The first-order valence-electron chi connectivity index (χ1n) is 6.79. The van der Waals surface area contributed by atoms with Gasteiger partial charge in [-0.1, -0.05) is 0 Å². The predicted octanol–water partition coefficient (Wildman–Crippen LogP) is 1.29. The fourth-order valence-electron chi connectivity index (χ4n) is 3.02. The monoisotopic (exact) mass is 222 g/mol. The molecule has 0 bridgehead atoms. The van der Waals surface area contributed by atoms with E-state index in [0.717, 1.165) is 24.8 Å². The van der Waals surface area contributed by atoms with Gasteiger partial charge in [0.2, 0.25) is 5.91 Å². The average Bonchev–Trinajstić information content (AvgIpc) is 3.14. The van der Waals surface area contributed by atoms with Crippen molar-refractivity contribution in [1.82, 2.24) is 10.6 Å². The van der Waals surface area contributed by atoms with Crippen molar-refractivity contribution in [3.8, 4) is 0 Å². The lowest BCUT2D eigenvalue weighted by atomic mass is 9.99. The second-order valence-corrected chi connectivity index (χ2v) is 5.85. The normalized spacial score (nSPS) is 34.4. The van der Waals surface area contributed by atoms with Crippen molar-refractivity contribution in [2.24, 2.45) is 17.8 Å². The van der Waals surface area contributed by atoms with Crippen molar-refractivity contribution in [2.75, 3.05) is 6.54 Å². The molecule has 3 rings (SSSR count). The van der Waals surface area contributed by atoms with Crippen LogP contribution in [0.15, 0.2) is 0 Å². The van der Waals surface area contributed by atoms with Gasteiger partial charge in [0, 0.05) is 12.1 Å². The van der Waals surface area contributed by atoms with Gasteiger partial charge < -0.3 is 10.6 Å². The molecule has 3 aliphatic rings. The first-order chi connectivity index (χ1) is 7.75. The summed E-state index contributed by atoms with van der Waals surface area (Å²) in [6.07, 6.45) is 6.34. The molecule has 16 heavy (non-hydrogen) atoms. The second kappa shape index (κ2) is 4.02. The Labute approximate surface area is 97.4 Å². The van der Waals surface area contributed by atoms with Gasteiger partial charge in [-0.05, 0) is 57.4 Å². The van der Waals surface area contributed by atoms with Crippen LogP contribution >= 0.6 is 0 Å². The first kappa shape index (κ1) is 10.6. The fraction of sp³-hybridized carbons (Fsp3) is 0.923. The molecule has 0 aromatic carbocycles. The molecule has 2 aliphatic carbocycles. The molecule has 0 spiro atoms. The van der Waals surface area contributed by atoms with Crippen LogP contribution in [0.1, 0.15) is 39.0 Å². The Kier molecular flexibility index (Phi) is 2.66. The number of carbonyl (C=O) groups excluding carboxylic acids is 1. The lowest BCUT2D eigenvalue weighted by molar-refractivity contribution is -0.126. The van der Waals surface area contributed by atoms with Crippen LogP contribution in [-0.2, 0) is 4.79 Å². The van der Waals surface area contributed by atoms with Crippen molar-refractivity contribution in [1.29, 1.82) is 0 Å². The Balaban J connectivity index is 1.57. The molecule has 2 N–H and O–H groups in total. The van der Waals surface area contributed by atoms with E-state index in [1.54, 1.807) is 0 Å². The van der Waals surface area contributed by atoms with E-state index in [0.29, 0.717) is 18.0 Å². The molecule has 1 amide bonds. The minimum absolute atomic E-state index is 0.208. The van der Waals surface area contributed by atoms with Crippen molar-refractivity contribution in [3.05, 3.63) is 0 Å². The molecule has 2 saturated carbocycles. The highest BCUT2D eigenvalue weighted by atomic mass is 16.2. The zero-order chi connectivity index (χ0) is 11.1. The largest absolute Gasteiger partial charge is 0.353 e. The van der Waals surface area contributed by atoms with Gasteiger partial charge in [-0.25, -0.2) is 0 Å². The summed E-state index contributed by atoms with van der Waals surface area (Å²) < 4.78 is 0. The number of hydrogen-bond acceptors (Lipinski definition) is 2. The van der Waals surface area contributed by atoms with E-state index in [1.807, 2.05) is 0 Å². The third kappa shape index (κ3) is 2.10. The summed E-state index contributed by atoms with van der Waals surface area (Å²) in [7, 11) is 0. The van der Waals surface area contributed by atoms with Crippen molar-refractivity contribution in [3.63, 3.8) is 0 Å². The summed E-state index contributed by atoms with van der Waals surface area (Å²) in [6.45, 7) is 3.12. The first-order valence-corrected chi connectivity index (χ1v) is 6.79. The van der Waals surface area contributed by atoms with Gasteiger partial charge in [-0.15, -0.1) is 0 Å². The van der Waals surface area contributed by atoms with Crippen molar-refractivity contribution < 1.29 is 4.79 Å². The zero-order valence-corrected chi connectivity index (χ0v) is 10.0. The molecule has 1 saturated heterocycles. The van der Waals surface area contributed by atoms with E-state index in [2.05, 4.69) is 17.6 Å². The van der Waals surface area contributed by atoms with E-state index in [4.69, 9.17) is 0 Å². The Morgan fingerprint density at radius 3 is 2.25 bits per heavy atom. The molecule has 3 fully saturated rings. The summed E-state index contributed by atoms with van der Waals surface area (Å²) >= 11 is 0. The summed E-state index contributed by atoms with van der Waals surface area (Å²) in [5, 5.41) is 6.69. The summed E-state index contributed by atoms with van der Waals surface area (Å²) in [5.41, 5.74) is 0. The lowest BCUT2D eigenvalue weighted by Gasteiger charge is -2.22. The van der Waals surface area contributed by atoms with Crippen LogP contribution in [0, 0.1) is 17.8 Å². The fourth-order valence-corrected chi connectivity index (χ4v) is 3.02. The van der Waals surface area contributed by atoms with Gasteiger partial charge in [0.25, 0.3) is 0 Å². The highest BCUT2D eigenvalue weighted by Gasteiger charge is 2.43. The molecule has 90 valence electrons. The van der Waals surface area contributed by atoms with Crippen molar-refractivity contribution >= 4 is 5.91 Å². The Morgan fingerprint density at radius 2 is 1.81 bits per heavy atom. The van der Waals surface area contributed by atoms with E-state index in [1.165, 1.54) is 25.7 Å². The van der Waals surface area contributed by atoms with Gasteiger partial charge >= 0.3 is 0 Å². The van der Waals surface area contributed by atoms with Gasteiger partial charge in [-0.3, -0.25) is 4.79 Å². The van der Waals surface area contributed by atoms with E-state index < -0.39 is 0 Å². The Morgan fingerprint density at radius 1 is 1.19 bits per heavy atom. The second-order valence-electron chi connectivity index (χ2n) is 5.85. The van der Waals surface area contributed by atoms with Crippen molar-refractivity contribution in [2.45, 2.75) is 51.1 Å². The average molecular weight is 222 g/mol. The SMILES string of the molecule is CC1NCCC1C(=O)NC(C1CC1)C1CC1. The summed E-state index contributed by atoms with van der Waals surface area (Å²) in [6, 6.07) is 0.874. The topological polar surface area (TPSA) is 41.1 Å². The van der Waals surface area contributed by atoms with Crippen LogP contribution in [0.5, 0.6) is 0 Å². The molecule has 0 aromatic heterocycles. The highest BCUT2D eigenvalue weighted by Crippen LogP contribution is 2.44. The molecule has 2 atom stereocenters. The zero-order valence-electron chi connectivity index (χ0n) is 10.0. The predicted molar refractivity (Wildman–Crippen MR) is 63.0 cm³/mol. The van der Waals surface area contributed by atoms with Crippen LogP contribution < -0.4 is 10.6 Å². The summed E-state index contributed by atoms with van der Waals surface area (Å²) in [5.74, 6) is 2.13. The van der Waals surface area contributed by atoms with Crippen LogP contribution in [-0.4, -0.2) is 24.5 Å². The maximum Gasteiger partial charge on any atom is 0.224 e. The smallest absolute Gasteiger partial charge is 0.224 e. The molecule has 3 nitrogen and oxygen atoms in total. The molecule has 0 aromatic rings. The van der Waals surface area contributed by atoms with Gasteiger partial charge in [0.05, 0.1) is 5.92 Å². The van der Waals surface area contributed by atoms with E-state index >= 15 is 0 Å². The van der Waals surface area contributed by atoms with Crippen LogP contribution in [0.3, 0.4) is 0 Å². The third-order valence-corrected chi connectivity index (χ3v) is 4.43. The standard InChI is InChI=1S/C13H22N2O/c1-8-11(6-7-14-8)13(16)15-12(9-2-3-9)10-4-5-10/h8-12,14H,2-7H2,1H3,(H,15,16). The maximum atomic E-state index is 12.2. The van der Waals surface area contributed by atoms with Gasteiger partial charge in [-0.2, -0.15) is 0 Å². The number of carbonyl (C=O) groups is 1. The molecule has 0 radical (unpaired) electrons. The quantitative estimate of drug-likeness (QED) is 0.752. The number of rotatable bonds is 4. The molecular formula is C13H22N2O. The van der Waals surface area contributed by atoms with Crippen LogP contribution in [0.4, 0.5) is 0 Å². The molecule has 2 unspecified atom stereocenters. The minimum Gasteiger partial charge on any atom is -0.353 e. The van der Waals surface area contributed by atoms with Crippen LogP contribution in [0.25, 0.3) is 0 Å². The van der Waals surface area contributed by atoms with Gasteiger partial charge in [0.1, 0.15) is 0 Å². The third-order valence-electron chi connectivity index (χ3n) is 4.43. The van der Waals surface area contributed by atoms with Gasteiger partial charge in [0.15, 0.2) is 0 Å². The summed E-state index contributed by atoms with van der Waals surface area (Å²) in [4.78, 5) is 12.2. The molecule has 1 aliphatic heterocycles. The van der Waals surface area contributed by atoms with Crippen LogP contribution in [0.2, 0.25) is 0 Å². The van der Waals surface area contributed by atoms with E-state index in [9.17, 15) is 4.79 Å². The maximum absolute atomic E-state index is 12.2. The highest BCUT2D eigenvalue weighted by molar-refractivity contribution is 5.80. The number of amides is 1. The number of nitrogens with one attached hydrogen (secondary N) is 2. The molecule has 1 heterocycles. The molecular weight excluding hydrogens is 200 g/mol. The lowest BCUT2D eigenvalue weighted by Crippen LogP contribution is -2.44. The molecule has 3 heteroatoms. The van der Waals surface area contributed by atoms with E-state index in [-0.39, 0.29) is 5.92 Å². The minimum atomic E-state index is 0.208. The number of hydrogen-bond donors (Lipinski definition) is 2. The Hall–Kier alpha value is -0.570. The Bertz CT molecular complexity index is 272.